The number of nitrogens with zero attached hydrogens (tertiary/aromatic N) is 1. The van der Waals surface area contributed by atoms with Crippen LogP contribution in [-0.4, -0.2) is 30.1 Å². The van der Waals surface area contributed by atoms with Crippen LogP contribution in [0, 0.1) is 0 Å². The van der Waals surface area contributed by atoms with Crippen molar-refractivity contribution >= 4 is 12.0 Å². The minimum Gasteiger partial charge on any atom is -0.449 e. The van der Waals surface area contributed by atoms with E-state index in [1.807, 2.05) is 0 Å². The Bertz CT molecular complexity index is 201. The molecule has 2 amide bonds. The number of carbonyl (C=O) groups is 2. The van der Waals surface area contributed by atoms with Crippen LogP contribution in [-0.2, 0) is 9.53 Å². The minimum atomic E-state index is -0.603. The molecule has 0 radical (unpaired) electrons. The highest BCUT2D eigenvalue weighted by Gasteiger charge is 2.18. The fourth-order valence-electron chi connectivity index (χ4n) is 0.800. The zero-order valence-corrected chi connectivity index (χ0v) is 8.08. The van der Waals surface area contributed by atoms with Crippen molar-refractivity contribution in [2.24, 2.45) is 0 Å². The average Bonchev–Trinajstić information content (AvgIpc) is 2.13. The second-order valence-electron chi connectivity index (χ2n) is 2.35. The maximum absolute atomic E-state index is 11.2. The van der Waals surface area contributed by atoms with E-state index in [-0.39, 0.29) is 25.5 Å². The van der Waals surface area contributed by atoms with Crippen molar-refractivity contribution in [3.05, 3.63) is 12.7 Å². The standard InChI is InChI=1S/C9H15NO3/c1-4-7-10(8(11)5-2)9(12)13-6-3/h4H,1,5-7H2,2-3H3. The number of hydrogen-bond donors (Lipinski definition) is 0. The lowest BCUT2D eigenvalue weighted by atomic mass is 10.4. The van der Waals surface area contributed by atoms with Gasteiger partial charge in [0.25, 0.3) is 0 Å². The highest BCUT2D eigenvalue weighted by atomic mass is 16.6. The van der Waals surface area contributed by atoms with E-state index in [1.165, 1.54) is 6.08 Å². The van der Waals surface area contributed by atoms with E-state index in [9.17, 15) is 9.59 Å². The second kappa shape index (κ2) is 6.22. The summed E-state index contributed by atoms with van der Waals surface area (Å²) in [6.07, 6.45) is 1.17. The van der Waals surface area contributed by atoms with Gasteiger partial charge in [-0.15, -0.1) is 6.58 Å². The van der Waals surface area contributed by atoms with Gasteiger partial charge in [-0.1, -0.05) is 13.0 Å². The van der Waals surface area contributed by atoms with Crippen molar-refractivity contribution in [1.82, 2.24) is 4.90 Å². The Labute approximate surface area is 78.2 Å². The van der Waals surface area contributed by atoms with Crippen LogP contribution in [0.25, 0.3) is 0 Å². The third kappa shape index (κ3) is 3.73. The van der Waals surface area contributed by atoms with Crippen molar-refractivity contribution in [2.75, 3.05) is 13.2 Å². The summed E-state index contributed by atoms with van der Waals surface area (Å²) in [5.74, 6) is -0.252. The first-order chi connectivity index (χ1) is 6.17. The highest BCUT2D eigenvalue weighted by molar-refractivity contribution is 5.91. The van der Waals surface area contributed by atoms with Gasteiger partial charge in [0.05, 0.1) is 6.61 Å². The van der Waals surface area contributed by atoms with E-state index in [1.54, 1.807) is 13.8 Å². The quantitative estimate of drug-likeness (QED) is 0.624. The van der Waals surface area contributed by atoms with E-state index in [2.05, 4.69) is 6.58 Å². The highest BCUT2D eigenvalue weighted by Crippen LogP contribution is 1.98. The smallest absolute Gasteiger partial charge is 0.416 e. The molecule has 0 aliphatic carbocycles. The summed E-state index contributed by atoms with van der Waals surface area (Å²) in [5.41, 5.74) is 0. The number of carbonyl (C=O) groups excluding carboxylic acids is 2. The summed E-state index contributed by atoms with van der Waals surface area (Å²) in [6, 6.07) is 0. The predicted octanol–water partition coefficient (Wildman–Crippen LogP) is 1.57. The molecule has 13 heavy (non-hydrogen) atoms. The Balaban J connectivity index is 4.30. The summed E-state index contributed by atoms with van der Waals surface area (Å²) < 4.78 is 4.70. The molecule has 0 aromatic rings. The fraction of sp³-hybridized carbons (Fsp3) is 0.556. The zero-order chi connectivity index (χ0) is 10.3. The van der Waals surface area contributed by atoms with Gasteiger partial charge >= 0.3 is 6.09 Å². The molecule has 0 heterocycles. The lowest BCUT2D eigenvalue weighted by Crippen LogP contribution is -2.36. The summed E-state index contributed by atoms with van der Waals surface area (Å²) in [6.45, 7) is 7.31. The van der Waals surface area contributed by atoms with E-state index >= 15 is 0 Å². The second-order valence-corrected chi connectivity index (χ2v) is 2.35. The molecule has 0 aliphatic rings. The molecule has 0 aromatic heterocycles. The molecule has 0 saturated heterocycles. The van der Waals surface area contributed by atoms with Gasteiger partial charge in [-0.05, 0) is 6.92 Å². The van der Waals surface area contributed by atoms with Gasteiger partial charge < -0.3 is 4.74 Å². The van der Waals surface area contributed by atoms with Crippen LogP contribution >= 0.6 is 0 Å². The van der Waals surface area contributed by atoms with Gasteiger partial charge in [-0.2, -0.15) is 0 Å². The zero-order valence-electron chi connectivity index (χ0n) is 8.08. The van der Waals surface area contributed by atoms with Crippen LogP contribution in [0.15, 0.2) is 12.7 Å². The average molecular weight is 185 g/mol. The molecule has 0 spiro atoms. The Morgan fingerprint density at radius 1 is 1.46 bits per heavy atom. The van der Waals surface area contributed by atoms with Crippen LogP contribution in [0.1, 0.15) is 20.3 Å². The molecule has 0 rings (SSSR count). The minimum absolute atomic E-state index is 0.200. The molecule has 0 aliphatic heterocycles. The molecule has 0 bridgehead atoms. The van der Waals surface area contributed by atoms with Gasteiger partial charge in [0.2, 0.25) is 5.91 Å². The number of imide groups is 1. The number of rotatable bonds is 4. The van der Waals surface area contributed by atoms with Gasteiger partial charge in [0.15, 0.2) is 0 Å². The molecular formula is C9H15NO3. The maximum atomic E-state index is 11.2. The first-order valence-corrected chi connectivity index (χ1v) is 4.25. The Morgan fingerprint density at radius 3 is 2.46 bits per heavy atom. The molecule has 74 valence electrons. The third-order valence-electron chi connectivity index (χ3n) is 1.40. The van der Waals surface area contributed by atoms with Gasteiger partial charge in [-0.25, -0.2) is 9.69 Å². The maximum Gasteiger partial charge on any atom is 0.416 e. The first-order valence-electron chi connectivity index (χ1n) is 4.25. The monoisotopic (exact) mass is 185 g/mol. The lowest BCUT2D eigenvalue weighted by molar-refractivity contribution is -0.128. The number of hydrogen-bond acceptors (Lipinski definition) is 3. The van der Waals surface area contributed by atoms with Crippen molar-refractivity contribution in [3.63, 3.8) is 0 Å². The molecule has 0 atom stereocenters. The Hall–Kier alpha value is -1.32. The van der Waals surface area contributed by atoms with Crippen LogP contribution < -0.4 is 0 Å². The van der Waals surface area contributed by atoms with E-state index < -0.39 is 6.09 Å². The normalized spacial score (nSPS) is 9.08. The topological polar surface area (TPSA) is 46.6 Å². The van der Waals surface area contributed by atoms with Crippen molar-refractivity contribution in [2.45, 2.75) is 20.3 Å². The fourth-order valence-corrected chi connectivity index (χ4v) is 0.800. The molecule has 0 N–H and O–H groups in total. The van der Waals surface area contributed by atoms with Crippen molar-refractivity contribution < 1.29 is 14.3 Å². The van der Waals surface area contributed by atoms with Crippen molar-refractivity contribution in [1.29, 1.82) is 0 Å². The van der Waals surface area contributed by atoms with Crippen LogP contribution in [0.3, 0.4) is 0 Å². The molecule has 0 aromatic carbocycles. The largest absolute Gasteiger partial charge is 0.449 e. The molecule has 0 saturated carbocycles. The molecule has 0 fully saturated rings. The summed E-state index contributed by atoms with van der Waals surface area (Å²) in [5, 5.41) is 0. The lowest BCUT2D eigenvalue weighted by Gasteiger charge is -2.17. The van der Waals surface area contributed by atoms with Crippen LogP contribution in [0.4, 0.5) is 4.79 Å². The summed E-state index contributed by atoms with van der Waals surface area (Å²) in [4.78, 5) is 23.4. The molecule has 4 heteroatoms. The summed E-state index contributed by atoms with van der Waals surface area (Å²) >= 11 is 0. The number of ether oxygens (including phenoxy) is 1. The van der Waals surface area contributed by atoms with E-state index in [0.29, 0.717) is 0 Å². The van der Waals surface area contributed by atoms with Gasteiger partial charge in [0.1, 0.15) is 0 Å². The van der Waals surface area contributed by atoms with Gasteiger partial charge in [0, 0.05) is 13.0 Å². The van der Waals surface area contributed by atoms with Gasteiger partial charge in [-0.3, -0.25) is 4.79 Å². The van der Waals surface area contributed by atoms with Crippen LogP contribution in [0.2, 0.25) is 0 Å². The Kier molecular flexibility index (Phi) is 5.59. The van der Waals surface area contributed by atoms with E-state index in [0.717, 1.165) is 4.90 Å². The summed E-state index contributed by atoms with van der Waals surface area (Å²) in [7, 11) is 0. The van der Waals surface area contributed by atoms with E-state index in [4.69, 9.17) is 4.74 Å². The first kappa shape index (κ1) is 11.7. The molecular weight excluding hydrogens is 170 g/mol. The van der Waals surface area contributed by atoms with Crippen LogP contribution in [0.5, 0.6) is 0 Å². The third-order valence-corrected chi connectivity index (χ3v) is 1.40. The predicted molar refractivity (Wildman–Crippen MR) is 49.2 cm³/mol. The SMILES string of the molecule is C=CCN(C(=O)CC)C(=O)OCC. The molecule has 4 nitrogen and oxygen atoms in total. The number of amides is 2. The Morgan fingerprint density at radius 2 is 2.08 bits per heavy atom. The van der Waals surface area contributed by atoms with Crippen molar-refractivity contribution in [3.8, 4) is 0 Å². The molecule has 0 unspecified atom stereocenters.